The molecule has 7 nitrogen and oxygen atoms in total. The number of ether oxygens (including phenoxy) is 1. The molecule has 1 atom stereocenters. The minimum atomic E-state index is -0.508. The number of fused-ring (bicyclic) bond motifs is 1. The van der Waals surface area contributed by atoms with Crippen molar-refractivity contribution in [1.29, 1.82) is 0 Å². The molecule has 0 bridgehead atoms. The monoisotopic (exact) mass is 491 g/mol. The fraction of sp³-hybridized carbons (Fsp3) is 0.429. The molecule has 2 aromatic heterocycles. The lowest BCUT2D eigenvalue weighted by Crippen LogP contribution is -2.39. The number of nitrogens with one attached hydrogen (secondary N) is 2. The molecular formula is C28H34FN5O2. The van der Waals surface area contributed by atoms with Gasteiger partial charge in [0.05, 0.1) is 5.69 Å². The van der Waals surface area contributed by atoms with Crippen LogP contribution in [0.4, 0.5) is 20.6 Å². The third-order valence-corrected chi connectivity index (χ3v) is 6.84. The molecule has 190 valence electrons. The van der Waals surface area contributed by atoms with Gasteiger partial charge in [-0.3, -0.25) is 0 Å². The van der Waals surface area contributed by atoms with Crippen molar-refractivity contribution in [2.45, 2.75) is 45.1 Å². The molecule has 0 radical (unpaired) electrons. The van der Waals surface area contributed by atoms with Crippen LogP contribution in [0.2, 0.25) is 0 Å². The third-order valence-electron chi connectivity index (χ3n) is 6.84. The third kappa shape index (κ3) is 5.23. The van der Waals surface area contributed by atoms with E-state index in [2.05, 4.69) is 39.4 Å². The summed E-state index contributed by atoms with van der Waals surface area (Å²) in [7, 11) is 2.08. The number of halogens is 1. The van der Waals surface area contributed by atoms with Gasteiger partial charge in [0.15, 0.2) is 0 Å². The smallest absolute Gasteiger partial charge is 0.410 e. The summed E-state index contributed by atoms with van der Waals surface area (Å²) < 4.78 is 20.1. The lowest BCUT2D eigenvalue weighted by atomic mass is 9.97. The average molecular weight is 492 g/mol. The summed E-state index contributed by atoms with van der Waals surface area (Å²) in [5.41, 5.74) is 4.96. The number of aromatic nitrogens is 2. The zero-order valence-corrected chi connectivity index (χ0v) is 21.4. The van der Waals surface area contributed by atoms with Crippen LogP contribution in [0.1, 0.15) is 50.8 Å². The number of nitrogens with zero attached hydrogens (tertiary/aromatic N) is 3. The Bertz CT molecular complexity index is 1310. The molecule has 36 heavy (non-hydrogen) atoms. The van der Waals surface area contributed by atoms with E-state index in [1.54, 1.807) is 23.2 Å². The minimum Gasteiger partial charge on any atom is -0.444 e. The Labute approximate surface area is 211 Å². The standard InChI is InChI=1S/C28H34FN5O2/c1-28(2,3)36-27(35)34-13-9-18(10-14-34)25-16-22-24(7-11-30-26(22)32-25)31-20-5-6-23(29)21(15-20)19-8-12-33(4)17-19/h5-7,9,11,15-16,19H,8,10,12-14,17H2,1-4H3,(H2,30,31,32)/t19-/m0/s1. The zero-order valence-electron chi connectivity index (χ0n) is 21.4. The Hall–Kier alpha value is -3.39. The van der Waals surface area contributed by atoms with Crippen molar-refractivity contribution >= 4 is 34.1 Å². The molecule has 2 aliphatic rings. The summed E-state index contributed by atoms with van der Waals surface area (Å²) in [6.07, 6.45) is 5.24. The molecule has 0 unspecified atom stereocenters. The topological polar surface area (TPSA) is 73.5 Å². The van der Waals surface area contributed by atoms with E-state index in [9.17, 15) is 9.18 Å². The zero-order chi connectivity index (χ0) is 25.4. The van der Waals surface area contributed by atoms with E-state index in [4.69, 9.17) is 4.74 Å². The van der Waals surface area contributed by atoms with Crippen molar-refractivity contribution in [2.75, 3.05) is 38.5 Å². The number of pyridine rings is 1. The van der Waals surface area contributed by atoms with E-state index >= 15 is 0 Å². The van der Waals surface area contributed by atoms with Crippen LogP contribution in [-0.2, 0) is 4.74 Å². The largest absolute Gasteiger partial charge is 0.444 e. The second-order valence-electron chi connectivity index (χ2n) is 10.8. The summed E-state index contributed by atoms with van der Waals surface area (Å²) in [6.45, 7) is 8.60. The minimum absolute atomic E-state index is 0.144. The molecule has 0 spiro atoms. The highest BCUT2D eigenvalue weighted by atomic mass is 19.1. The molecule has 8 heteroatoms. The number of aromatic amines is 1. The van der Waals surface area contributed by atoms with Gasteiger partial charge in [0, 0.05) is 48.5 Å². The molecule has 2 N–H and O–H groups in total. The van der Waals surface area contributed by atoms with Crippen LogP contribution < -0.4 is 5.32 Å². The molecule has 1 fully saturated rings. The normalized spacial score (nSPS) is 19.0. The predicted octanol–water partition coefficient (Wildman–Crippen LogP) is 5.89. The highest BCUT2D eigenvalue weighted by Crippen LogP contribution is 2.33. The van der Waals surface area contributed by atoms with Crippen LogP contribution in [0.3, 0.4) is 0 Å². The summed E-state index contributed by atoms with van der Waals surface area (Å²) in [6, 6.07) is 9.31. The number of amides is 1. The summed E-state index contributed by atoms with van der Waals surface area (Å²) in [5.74, 6) is 0.0703. The quantitative estimate of drug-likeness (QED) is 0.476. The van der Waals surface area contributed by atoms with Crippen LogP contribution in [0.25, 0.3) is 16.6 Å². The summed E-state index contributed by atoms with van der Waals surface area (Å²) in [4.78, 5) is 24.3. The maximum Gasteiger partial charge on any atom is 0.410 e. The van der Waals surface area contributed by atoms with Crippen LogP contribution in [0.15, 0.2) is 42.6 Å². The van der Waals surface area contributed by atoms with Crippen molar-refractivity contribution in [3.05, 3.63) is 59.7 Å². The Morgan fingerprint density at radius 1 is 1.22 bits per heavy atom. The van der Waals surface area contributed by atoms with Crippen molar-refractivity contribution in [3.63, 3.8) is 0 Å². The summed E-state index contributed by atoms with van der Waals surface area (Å²) in [5, 5.41) is 4.45. The molecule has 1 aromatic carbocycles. The van der Waals surface area contributed by atoms with Gasteiger partial charge < -0.3 is 24.8 Å². The van der Waals surface area contributed by atoms with E-state index in [-0.39, 0.29) is 17.8 Å². The number of hydrogen-bond donors (Lipinski definition) is 2. The number of H-pyrrole nitrogens is 1. The fourth-order valence-electron chi connectivity index (χ4n) is 4.99. The molecule has 3 aromatic rings. The molecule has 4 heterocycles. The second kappa shape index (κ2) is 9.58. The number of anilines is 2. The number of rotatable bonds is 4. The van der Waals surface area contributed by atoms with Gasteiger partial charge in [0.1, 0.15) is 17.1 Å². The van der Waals surface area contributed by atoms with Crippen molar-refractivity contribution in [1.82, 2.24) is 19.8 Å². The first-order valence-electron chi connectivity index (χ1n) is 12.6. The van der Waals surface area contributed by atoms with E-state index < -0.39 is 5.60 Å². The Morgan fingerprint density at radius 2 is 2.06 bits per heavy atom. The SMILES string of the molecule is CN1CC[C@H](c2cc(Nc3ccnc4[nH]c(C5=CCN(C(=O)OC(C)(C)C)CC5)cc34)ccc2F)C1. The van der Waals surface area contributed by atoms with Gasteiger partial charge in [0.25, 0.3) is 0 Å². The fourth-order valence-corrected chi connectivity index (χ4v) is 4.99. The van der Waals surface area contributed by atoms with Gasteiger partial charge in [-0.1, -0.05) is 6.08 Å². The Kier molecular flexibility index (Phi) is 6.47. The lowest BCUT2D eigenvalue weighted by Gasteiger charge is -2.29. The first-order valence-corrected chi connectivity index (χ1v) is 12.6. The number of likely N-dealkylation sites (tertiary alicyclic amines) is 1. The van der Waals surface area contributed by atoms with Crippen LogP contribution >= 0.6 is 0 Å². The van der Waals surface area contributed by atoms with Gasteiger partial charge in [-0.25, -0.2) is 14.2 Å². The molecule has 1 amide bonds. The predicted molar refractivity (Wildman–Crippen MR) is 141 cm³/mol. The maximum absolute atomic E-state index is 14.6. The molecular weight excluding hydrogens is 457 g/mol. The summed E-state index contributed by atoms with van der Waals surface area (Å²) >= 11 is 0. The van der Waals surface area contributed by atoms with E-state index in [0.29, 0.717) is 13.1 Å². The maximum atomic E-state index is 14.6. The molecule has 0 aliphatic carbocycles. The lowest BCUT2D eigenvalue weighted by molar-refractivity contribution is 0.0270. The van der Waals surface area contributed by atoms with Crippen molar-refractivity contribution in [2.24, 2.45) is 0 Å². The highest BCUT2D eigenvalue weighted by molar-refractivity contribution is 5.94. The van der Waals surface area contributed by atoms with Gasteiger partial charge in [-0.2, -0.15) is 0 Å². The first-order chi connectivity index (χ1) is 17.2. The molecule has 5 rings (SSSR count). The first kappa shape index (κ1) is 24.3. The van der Waals surface area contributed by atoms with Crippen LogP contribution in [0, 0.1) is 5.82 Å². The number of hydrogen-bond acceptors (Lipinski definition) is 5. The van der Waals surface area contributed by atoms with Gasteiger partial charge in [-0.15, -0.1) is 0 Å². The van der Waals surface area contributed by atoms with E-state index in [0.717, 1.165) is 65.2 Å². The number of carbonyl (C=O) groups excluding carboxylic acids is 1. The van der Waals surface area contributed by atoms with E-state index in [1.807, 2.05) is 32.9 Å². The van der Waals surface area contributed by atoms with Crippen molar-refractivity contribution < 1.29 is 13.9 Å². The number of likely N-dealkylation sites (N-methyl/N-ethyl adjacent to an activating group) is 1. The number of carbonyl (C=O) groups is 1. The van der Waals surface area contributed by atoms with Gasteiger partial charge in [-0.05, 0) is 88.7 Å². The number of benzene rings is 1. The van der Waals surface area contributed by atoms with Crippen LogP contribution in [0.5, 0.6) is 0 Å². The second-order valence-corrected chi connectivity index (χ2v) is 10.8. The van der Waals surface area contributed by atoms with Crippen LogP contribution in [-0.4, -0.2) is 64.7 Å². The van der Waals surface area contributed by atoms with Gasteiger partial charge in [0.2, 0.25) is 0 Å². The molecule has 2 aliphatic heterocycles. The average Bonchev–Trinajstić information content (AvgIpc) is 3.46. The molecule has 1 saturated heterocycles. The van der Waals surface area contributed by atoms with E-state index in [1.165, 1.54) is 0 Å². The van der Waals surface area contributed by atoms with Gasteiger partial charge >= 0.3 is 6.09 Å². The van der Waals surface area contributed by atoms with Crippen molar-refractivity contribution in [3.8, 4) is 0 Å². The Morgan fingerprint density at radius 3 is 2.75 bits per heavy atom. The highest BCUT2D eigenvalue weighted by Gasteiger charge is 2.25. The Balaban J connectivity index is 1.35. The molecule has 0 saturated carbocycles.